The first-order chi connectivity index (χ1) is 13.7. The Kier molecular flexibility index (Phi) is 5.59. The van der Waals surface area contributed by atoms with E-state index in [-0.39, 0.29) is 11.8 Å². The number of nitrogens with zero attached hydrogens (tertiary/aromatic N) is 3. The van der Waals surface area contributed by atoms with Gasteiger partial charge in [-0.25, -0.2) is 0 Å². The van der Waals surface area contributed by atoms with Gasteiger partial charge in [0.05, 0.1) is 18.7 Å². The van der Waals surface area contributed by atoms with Crippen LogP contribution in [0.2, 0.25) is 0 Å². The topological polar surface area (TPSA) is 77.4 Å². The molecule has 2 aromatic heterocycles. The van der Waals surface area contributed by atoms with Gasteiger partial charge in [-0.05, 0) is 36.5 Å². The fraction of sp³-hybridized carbons (Fsp3) is 0.300. The van der Waals surface area contributed by atoms with Crippen LogP contribution in [0.5, 0.6) is 0 Å². The molecule has 0 aliphatic carbocycles. The van der Waals surface area contributed by atoms with Crippen LogP contribution in [0.3, 0.4) is 0 Å². The summed E-state index contributed by atoms with van der Waals surface area (Å²) in [5.41, 5.74) is 1.65. The minimum Gasteiger partial charge on any atom is -0.409 e. The molecule has 2 N–H and O–H groups in total. The molecule has 1 fully saturated rings. The zero-order valence-electron chi connectivity index (χ0n) is 15.4. The van der Waals surface area contributed by atoms with E-state index in [1.807, 2.05) is 42.5 Å². The van der Waals surface area contributed by atoms with Crippen molar-refractivity contribution in [2.24, 2.45) is 5.92 Å². The van der Waals surface area contributed by atoms with Gasteiger partial charge >= 0.3 is 0 Å². The molecule has 4 rings (SSSR count). The molecule has 3 aromatic rings. The smallest absolute Gasteiger partial charge is 0.292 e. The summed E-state index contributed by atoms with van der Waals surface area (Å²) < 4.78 is 7.34. The standard InChI is InChI=1S/C20H21N5O2S/c26-18(22-17-6-2-1-3-7-17)15-8-11-24(12-9-15)14-25-20(28)27-19(23-25)16-5-4-10-21-13-16/h1-7,10,13,15H,8-9,11-12,14H2,(H,22,26)/p+1. The van der Waals surface area contributed by atoms with Gasteiger partial charge in [0.1, 0.15) is 0 Å². The van der Waals surface area contributed by atoms with Crippen molar-refractivity contribution < 1.29 is 14.1 Å². The molecule has 0 saturated carbocycles. The van der Waals surface area contributed by atoms with Gasteiger partial charge in [-0.15, -0.1) is 5.10 Å². The molecule has 0 spiro atoms. The first kappa shape index (κ1) is 18.5. The Balaban J connectivity index is 1.33. The largest absolute Gasteiger partial charge is 0.409 e. The third-order valence-corrected chi connectivity index (χ3v) is 5.29. The van der Waals surface area contributed by atoms with E-state index in [4.69, 9.17) is 16.6 Å². The van der Waals surface area contributed by atoms with Crippen LogP contribution < -0.4 is 10.2 Å². The molecule has 1 amide bonds. The van der Waals surface area contributed by atoms with Gasteiger partial charge in [-0.2, -0.15) is 4.68 Å². The van der Waals surface area contributed by atoms with Crippen LogP contribution in [0.25, 0.3) is 11.5 Å². The highest BCUT2D eigenvalue weighted by Crippen LogP contribution is 2.16. The van der Waals surface area contributed by atoms with Crippen LogP contribution >= 0.6 is 12.2 Å². The van der Waals surface area contributed by atoms with Crippen molar-refractivity contribution in [1.29, 1.82) is 0 Å². The fourth-order valence-corrected chi connectivity index (χ4v) is 3.62. The number of hydrogen-bond donors (Lipinski definition) is 2. The van der Waals surface area contributed by atoms with Crippen molar-refractivity contribution in [3.63, 3.8) is 0 Å². The molecule has 0 atom stereocenters. The summed E-state index contributed by atoms with van der Waals surface area (Å²) in [7, 11) is 0. The third-order valence-electron chi connectivity index (χ3n) is 4.99. The van der Waals surface area contributed by atoms with E-state index in [2.05, 4.69) is 15.4 Å². The highest BCUT2D eigenvalue weighted by atomic mass is 32.1. The number of hydrogen-bond acceptors (Lipinski definition) is 5. The molecular weight excluding hydrogens is 374 g/mol. The van der Waals surface area contributed by atoms with Crippen molar-refractivity contribution in [1.82, 2.24) is 14.8 Å². The summed E-state index contributed by atoms with van der Waals surface area (Å²) in [6, 6.07) is 13.3. The maximum atomic E-state index is 12.5. The number of likely N-dealkylation sites (tertiary alicyclic amines) is 1. The van der Waals surface area contributed by atoms with Gasteiger partial charge in [0, 0.05) is 36.8 Å². The lowest BCUT2D eigenvalue weighted by Crippen LogP contribution is -3.12. The molecule has 1 aliphatic rings. The number of carbonyl (C=O) groups is 1. The van der Waals surface area contributed by atoms with Crippen molar-refractivity contribution in [2.45, 2.75) is 19.5 Å². The van der Waals surface area contributed by atoms with Gasteiger partial charge in [0.25, 0.3) is 4.84 Å². The van der Waals surface area contributed by atoms with E-state index in [0.717, 1.165) is 37.2 Å². The molecule has 3 heterocycles. The number of amides is 1. The predicted molar refractivity (Wildman–Crippen MR) is 107 cm³/mol. The summed E-state index contributed by atoms with van der Waals surface area (Å²) in [6.07, 6.45) is 5.09. The average molecular weight is 396 g/mol. The first-order valence-electron chi connectivity index (χ1n) is 9.37. The van der Waals surface area contributed by atoms with Crippen LogP contribution in [-0.4, -0.2) is 33.8 Å². The van der Waals surface area contributed by atoms with E-state index in [0.29, 0.717) is 17.4 Å². The molecule has 144 valence electrons. The van der Waals surface area contributed by atoms with Crippen LogP contribution in [0.1, 0.15) is 12.8 Å². The average Bonchev–Trinajstić information content (AvgIpc) is 3.10. The first-order valence-corrected chi connectivity index (χ1v) is 9.78. The summed E-state index contributed by atoms with van der Waals surface area (Å²) in [6.45, 7) is 2.42. The number of para-hydroxylation sites is 1. The van der Waals surface area contributed by atoms with Gasteiger partial charge < -0.3 is 14.6 Å². The van der Waals surface area contributed by atoms with Crippen molar-refractivity contribution in [3.8, 4) is 11.5 Å². The number of benzene rings is 1. The Labute approximate surface area is 168 Å². The van der Waals surface area contributed by atoms with Gasteiger partial charge in [0.2, 0.25) is 11.8 Å². The monoisotopic (exact) mass is 396 g/mol. The molecule has 8 heteroatoms. The molecule has 1 aromatic carbocycles. The summed E-state index contributed by atoms with van der Waals surface area (Å²) >= 11 is 5.31. The minimum atomic E-state index is 0.0418. The molecule has 0 unspecified atom stereocenters. The fourth-order valence-electron chi connectivity index (χ4n) is 3.44. The lowest BCUT2D eigenvalue weighted by molar-refractivity contribution is -0.929. The van der Waals surface area contributed by atoms with Crippen LogP contribution in [0.4, 0.5) is 5.69 Å². The van der Waals surface area contributed by atoms with E-state index < -0.39 is 0 Å². The zero-order valence-corrected chi connectivity index (χ0v) is 16.2. The van der Waals surface area contributed by atoms with E-state index in [1.165, 1.54) is 4.90 Å². The zero-order chi connectivity index (χ0) is 19.3. The molecule has 0 bridgehead atoms. The lowest BCUT2D eigenvalue weighted by atomic mass is 9.96. The van der Waals surface area contributed by atoms with Crippen LogP contribution in [0.15, 0.2) is 59.3 Å². The number of carbonyl (C=O) groups excluding carboxylic acids is 1. The number of quaternary nitrogens is 1. The number of anilines is 1. The van der Waals surface area contributed by atoms with E-state index >= 15 is 0 Å². The summed E-state index contributed by atoms with van der Waals surface area (Å²) in [5, 5.41) is 7.49. The highest BCUT2D eigenvalue weighted by molar-refractivity contribution is 7.71. The quantitative estimate of drug-likeness (QED) is 0.647. The Morgan fingerprint density at radius 1 is 1.21 bits per heavy atom. The summed E-state index contributed by atoms with van der Waals surface area (Å²) in [5.74, 6) is 0.622. The van der Waals surface area contributed by atoms with Gasteiger partial charge in [-0.3, -0.25) is 9.78 Å². The number of aromatic nitrogens is 3. The van der Waals surface area contributed by atoms with Crippen LogP contribution in [-0.2, 0) is 11.5 Å². The number of rotatable bonds is 5. The lowest BCUT2D eigenvalue weighted by Gasteiger charge is -2.28. The highest BCUT2D eigenvalue weighted by Gasteiger charge is 2.28. The maximum Gasteiger partial charge on any atom is 0.292 e. The SMILES string of the molecule is O=C(Nc1ccccc1)C1CC[NH+](Cn2nc(-c3cccnc3)oc2=S)CC1. The van der Waals surface area contributed by atoms with Gasteiger partial charge in [-0.1, -0.05) is 18.2 Å². The third kappa shape index (κ3) is 4.35. The van der Waals surface area contributed by atoms with Crippen molar-refractivity contribution >= 4 is 23.8 Å². The molecular formula is C20H22N5O2S+. The Morgan fingerprint density at radius 2 is 2.00 bits per heavy atom. The maximum absolute atomic E-state index is 12.5. The molecule has 7 nitrogen and oxygen atoms in total. The van der Waals surface area contributed by atoms with Crippen molar-refractivity contribution in [2.75, 3.05) is 18.4 Å². The minimum absolute atomic E-state index is 0.0418. The van der Waals surface area contributed by atoms with Crippen LogP contribution in [0, 0.1) is 10.8 Å². The normalized spacial score (nSPS) is 19.3. The van der Waals surface area contributed by atoms with E-state index in [1.54, 1.807) is 17.1 Å². The molecule has 1 aliphatic heterocycles. The molecule has 28 heavy (non-hydrogen) atoms. The molecule has 1 saturated heterocycles. The second-order valence-corrected chi connectivity index (χ2v) is 7.30. The second kappa shape index (κ2) is 8.45. The Morgan fingerprint density at radius 3 is 2.71 bits per heavy atom. The number of piperidine rings is 1. The number of pyridine rings is 1. The van der Waals surface area contributed by atoms with Gasteiger partial charge in [0.15, 0.2) is 6.67 Å². The molecule has 0 radical (unpaired) electrons. The van der Waals surface area contributed by atoms with E-state index in [9.17, 15) is 4.79 Å². The van der Waals surface area contributed by atoms with Crippen molar-refractivity contribution in [3.05, 3.63) is 59.7 Å². The second-order valence-electron chi connectivity index (χ2n) is 6.95. The predicted octanol–water partition coefficient (Wildman–Crippen LogP) is 2.16. The Hall–Kier alpha value is -2.84. The summed E-state index contributed by atoms with van der Waals surface area (Å²) in [4.78, 5) is 18.3. The number of nitrogens with one attached hydrogen (secondary N) is 2. The Bertz CT molecular complexity index is 979.